The van der Waals surface area contributed by atoms with Crippen molar-refractivity contribution in [3.63, 3.8) is 0 Å². The van der Waals surface area contributed by atoms with Crippen molar-refractivity contribution in [2.24, 2.45) is 0 Å². The predicted molar refractivity (Wildman–Crippen MR) is 177 cm³/mol. The van der Waals surface area contributed by atoms with E-state index in [-0.39, 0.29) is 44.7 Å². The molecule has 2 aromatic carbocycles. The lowest BCUT2D eigenvalue weighted by Crippen LogP contribution is -2.27. The van der Waals surface area contributed by atoms with Gasteiger partial charge in [0.05, 0.1) is 16.0 Å². The van der Waals surface area contributed by atoms with Crippen molar-refractivity contribution in [3.8, 4) is 23.4 Å². The van der Waals surface area contributed by atoms with E-state index in [9.17, 15) is 4.79 Å². The molecule has 4 aromatic rings. The number of aromatic nitrogens is 3. The number of fused-ring (bicyclic) bond motifs is 2. The quantitative estimate of drug-likeness (QED) is 0.121. The highest BCUT2D eigenvalue weighted by molar-refractivity contribution is 6.43. The Hall–Kier alpha value is -4.51. The van der Waals surface area contributed by atoms with Gasteiger partial charge < -0.3 is 30.4 Å². The van der Waals surface area contributed by atoms with Gasteiger partial charge in [-0.2, -0.15) is 9.97 Å². The number of anilines is 2. The summed E-state index contributed by atoms with van der Waals surface area (Å²) in [6.45, 7) is 6.52. The fraction of sp³-hybridized carbons (Fsp3) is 0.242. The van der Waals surface area contributed by atoms with Crippen LogP contribution in [0.15, 0.2) is 60.8 Å². The number of hydrogen-bond acceptors (Lipinski definition) is 10. The molecule has 230 valence electrons. The van der Waals surface area contributed by atoms with E-state index in [1.54, 1.807) is 12.3 Å². The van der Waals surface area contributed by atoms with E-state index in [4.69, 9.17) is 53.8 Å². The monoisotopic (exact) mass is 643 g/mol. The minimum absolute atomic E-state index is 0.0764. The molecular formula is C33H31Cl2N7O3. The first-order chi connectivity index (χ1) is 21.8. The Kier molecular flexibility index (Phi) is 8.71. The average Bonchev–Trinajstić information content (AvgIpc) is 3.29. The summed E-state index contributed by atoms with van der Waals surface area (Å²) in [6.07, 6.45) is 7.94. The zero-order valence-corrected chi connectivity index (χ0v) is 26.2. The molecule has 0 saturated heterocycles. The Labute approximate surface area is 270 Å². The van der Waals surface area contributed by atoms with Gasteiger partial charge in [-0.15, -0.1) is 0 Å². The van der Waals surface area contributed by atoms with E-state index >= 15 is 0 Å². The number of likely N-dealkylation sites (N-methyl/N-ethyl adjacent to an activating group) is 1. The lowest BCUT2D eigenvalue weighted by Gasteiger charge is -2.26. The molecule has 6 rings (SSSR count). The van der Waals surface area contributed by atoms with Gasteiger partial charge >= 0.3 is 6.01 Å². The van der Waals surface area contributed by atoms with Crippen LogP contribution in [0.5, 0.6) is 23.4 Å². The lowest BCUT2D eigenvalue weighted by atomic mass is 9.99. The summed E-state index contributed by atoms with van der Waals surface area (Å²) >= 11 is 12.9. The number of rotatable bonds is 8. The lowest BCUT2D eigenvalue weighted by molar-refractivity contribution is -0.111. The third-order valence-electron chi connectivity index (χ3n) is 7.99. The van der Waals surface area contributed by atoms with Gasteiger partial charge in [-0.05, 0) is 61.7 Å². The molecular weight excluding hydrogens is 613 g/mol. The number of ketones is 1. The van der Waals surface area contributed by atoms with E-state index in [1.165, 1.54) is 17.7 Å². The third-order valence-corrected chi connectivity index (χ3v) is 8.76. The molecule has 0 saturated carbocycles. The highest BCUT2D eigenvalue weighted by Gasteiger charge is 2.25. The molecule has 45 heavy (non-hydrogen) atoms. The van der Waals surface area contributed by atoms with Crippen LogP contribution in [0, 0.1) is 5.41 Å². The first-order valence-corrected chi connectivity index (χ1v) is 15.2. The number of nitrogens with two attached hydrogens (primary N) is 1. The molecule has 0 fully saturated rings. The van der Waals surface area contributed by atoms with Gasteiger partial charge in [0.2, 0.25) is 5.88 Å². The van der Waals surface area contributed by atoms with Crippen LogP contribution in [0.25, 0.3) is 10.9 Å². The van der Waals surface area contributed by atoms with Crippen LogP contribution in [0.4, 0.5) is 11.5 Å². The highest BCUT2D eigenvalue weighted by atomic mass is 35.5. The summed E-state index contributed by atoms with van der Waals surface area (Å²) in [5, 5.41) is 8.85. The van der Waals surface area contributed by atoms with E-state index in [2.05, 4.69) is 34.5 Å². The molecule has 0 atom stereocenters. The average molecular weight is 645 g/mol. The molecule has 0 unspecified atom stereocenters. The zero-order chi connectivity index (χ0) is 31.7. The van der Waals surface area contributed by atoms with Crippen molar-refractivity contribution < 1.29 is 14.3 Å². The summed E-state index contributed by atoms with van der Waals surface area (Å²) in [5.41, 5.74) is 10.0. The van der Waals surface area contributed by atoms with Crippen LogP contribution in [0.2, 0.25) is 10.0 Å². The number of pyridine rings is 1. The molecule has 0 aliphatic carbocycles. The smallest absolute Gasteiger partial charge is 0.324 e. The molecule has 0 amide bonds. The SMILES string of the molecule is C=CC(=O)C1=CCCN(c2nc(Oc3cccc4c3CCN(C)C4)nc3c(Oc4c(Cl)c(Cl)cc(N)c4C=N)nccc23)CC1. The second kappa shape index (κ2) is 12.8. The van der Waals surface area contributed by atoms with Crippen LogP contribution < -0.4 is 20.1 Å². The van der Waals surface area contributed by atoms with E-state index in [1.807, 2.05) is 18.2 Å². The first kappa shape index (κ1) is 30.5. The Morgan fingerprint density at radius 1 is 1.13 bits per heavy atom. The molecule has 0 bridgehead atoms. The van der Waals surface area contributed by atoms with E-state index in [0.29, 0.717) is 48.4 Å². The van der Waals surface area contributed by atoms with Gasteiger partial charge in [0.15, 0.2) is 11.5 Å². The molecule has 0 spiro atoms. The topological polar surface area (TPSA) is 131 Å². The normalized spacial score (nSPS) is 15.2. The Bertz CT molecular complexity index is 1880. The zero-order valence-electron chi connectivity index (χ0n) is 24.6. The molecule has 0 radical (unpaired) electrons. The standard InChI is InChI=1S/C33H31Cl2N7O3/c1-3-26(43)19-7-5-13-42(15-10-19)31-22-9-12-38-32(45-30-23(17-36)25(37)16-24(34)28(30)35)29(22)39-33(40-31)44-27-8-4-6-20-18-41(2)14-11-21(20)27/h3-4,6-9,12,16-17,36H,1,5,10-11,13-15,18,37H2,2H3. The van der Waals surface area contributed by atoms with Crippen molar-refractivity contribution in [1.82, 2.24) is 19.9 Å². The van der Waals surface area contributed by atoms with Gasteiger partial charge in [0.1, 0.15) is 22.1 Å². The van der Waals surface area contributed by atoms with Gasteiger partial charge in [-0.25, -0.2) is 4.98 Å². The first-order valence-electron chi connectivity index (χ1n) is 14.5. The number of carbonyl (C=O) groups is 1. The van der Waals surface area contributed by atoms with Crippen molar-refractivity contribution in [1.29, 1.82) is 5.41 Å². The van der Waals surface area contributed by atoms with Crippen LogP contribution in [0.1, 0.15) is 29.5 Å². The maximum atomic E-state index is 12.4. The Balaban J connectivity index is 1.47. The van der Waals surface area contributed by atoms with Crippen LogP contribution in [0.3, 0.4) is 0 Å². The number of halogens is 2. The van der Waals surface area contributed by atoms with Crippen LogP contribution >= 0.6 is 23.2 Å². The van der Waals surface area contributed by atoms with Gasteiger partial charge in [0, 0.05) is 49.8 Å². The number of nitrogen functional groups attached to an aromatic ring is 1. The Morgan fingerprint density at radius 2 is 1.98 bits per heavy atom. The molecule has 12 heteroatoms. The van der Waals surface area contributed by atoms with Gasteiger partial charge in [-0.1, -0.05) is 48.0 Å². The second-order valence-corrected chi connectivity index (χ2v) is 11.7. The summed E-state index contributed by atoms with van der Waals surface area (Å²) in [5.74, 6) is 1.42. The number of hydrogen-bond donors (Lipinski definition) is 2. The molecule has 10 nitrogen and oxygen atoms in total. The summed E-state index contributed by atoms with van der Waals surface area (Å²) in [7, 11) is 2.09. The number of ether oxygens (including phenoxy) is 2. The maximum Gasteiger partial charge on any atom is 0.324 e. The predicted octanol–water partition coefficient (Wildman–Crippen LogP) is 6.77. The minimum atomic E-state index is -0.0764. The molecule has 2 aliphatic heterocycles. The highest BCUT2D eigenvalue weighted by Crippen LogP contribution is 2.42. The largest absolute Gasteiger partial charge is 0.435 e. The molecule has 4 heterocycles. The van der Waals surface area contributed by atoms with Crippen molar-refractivity contribution in [2.75, 3.05) is 37.3 Å². The number of nitrogens with zero attached hydrogens (tertiary/aromatic N) is 5. The number of benzene rings is 2. The summed E-state index contributed by atoms with van der Waals surface area (Å²) < 4.78 is 12.7. The number of carbonyl (C=O) groups excluding carboxylic acids is 1. The summed E-state index contributed by atoms with van der Waals surface area (Å²) in [4.78, 5) is 30.9. The van der Waals surface area contributed by atoms with Crippen molar-refractivity contribution in [3.05, 3.63) is 87.6 Å². The van der Waals surface area contributed by atoms with Crippen LogP contribution in [-0.2, 0) is 17.8 Å². The third kappa shape index (κ3) is 6.09. The van der Waals surface area contributed by atoms with Gasteiger partial charge in [0.25, 0.3) is 0 Å². The fourth-order valence-corrected chi connectivity index (χ4v) is 6.08. The number of nitrogens with one attached hydrogen (secondary N) is 1. The molecule has 2 aromatic heterocycles. The molecule has 3 N–H and O–H groups in total. The fourth-order valence-electron chi connectivity index (χ4n) is 5.68. The van der Waals surface area contributed by atoms with Crippen molar-refractivity contribution >= 4 is 57.6 Å². The summed E-state index contributed by atoms with van der Waals surface area (Å²) in [6, 6.07) is 9.39. The Morgan fingerprint density at radius 3 is 2.78 bits per heavy atom. The maximum absolute atomic E-state index is 12.4. The van der Waals surface area contributed by atoms with Gasteiger partial charge in [-0.3, -0.25) is 4.79 Å². The van der Waals surface area contributed by atoms with Crippen molar-refractivity contribution in [2.45, 2.75) is 25.8 Å². The van der Waals surface area contributed by atoms with E-state index < -0.39 is 0 Å². The number of allylic oxidation sites excluding steroid dienone is 1. The minimum Gasteiger partial charge on any atom is -0.435 e. The molecule has 2 aliphatic rings. The second-order valence-electron chi connectivity index (χ2n) is 10.9. The van der Waals surface area contributed by atoms with E-state index in [0.717, 1.165) is 36.9 Å². The van der Waals surface area contributed by atoms with Crippen LogP contribution in [-0.4, -0.2) is 58.5 Å².